The molecular weight excluding hydrogens is 237 g/mol. The highest BCUT2D eigenvalue weighted by atomic mass is 19.1. The largest absolute Gasteiger partial charge is 0.316 e. The second-order valence-corrected chi connectivity index (χ2v) is 4.93. The lowest BCUT2D eigenvalue weighted by atomic mass is 9.89. The van der Waals surface area contributed by atoms with E-state index in [1.807, 2.05) is 25.2 Å². The maximum atomic E-state index is 12.9. The van der Waals surface area contributed by atoms with Crippen molar-refractivity contribution in [3.05, 3.63) is 71.5 Å². The molecule has 0 aromatic heterocycles. The summed E-state index contributed by atoms with van der Waals surface area (Å²) < 4.78 is 12.9. The van der Waals surface area contributed by atoms with Gasteiger partial charge >= 0.3 is 0 Å². The normalized spacial score (nSPS) is 14.1. The molecule has 2 aromatic carbocycles. The fourth-order valence-electron chi connectivity index (χ4n) is 2.39. The molecule has 0 bridgehead atoms. The minimum Gasteiger partial charge on any atom is -0.316 e. The highest BCUT2D eigenvalue weighted by molar-refractivity contribution is 5.23. The molecule has 2 aromatic rings. The average Bonchev–Trinajstić information content (AvgIpc) is 2.47. The van der Waals surface area contributed by atoms with Crippen LogP contribution in [-0.2, 0) is 6.42 Å². The third-order valence-corrected chi connectivity index (χ3v) is 3.67. The van der Waals surface area contributed by atoms with Crippen molar-refractivity contribution in [3.8, 4) is 0 Å². The molecule has 100 valence electrons. The summed E-state index contributed by atoms with van der Waals surface area (Å²) >= 11 is 0. The monoisotopic (exact) mass is 257 g/mol. The molecule has 2 atom stereocenters. The van der Waals surface area contributed by atoms with Gasteiger partial charge in [-0.1, -0.05) is 49.4 Å². The molecule has 2 unspecified atom stereocenters. The Morgan fingerprint density at radius 2 is 1.63 bits per heavy atom. The van der Waals surface area contributed by atoms with Crippen LogP contribution in [0.5, 0.6) is 0 Å². The van der Waals surface area contributed by atoms with Gasteiger partial charge in [0.2, 0.25) is 0 Å². The standard InChI is InChI=1S/C17H20FN/c1-13(15-6-4-3-5-7-15)17(19-2)12-14-8-10-16(18)11-9-14/h3-11,13,17,19H,12H2,1-2H3. The van der Waals surface area contributed by atoms with Crippen molar-refractivity contribution < 1.29 is 4.39 Å². The summed E-state index contributed by atoms with van der Waals surface area (Å²) in [6, 6.07) is 17.6. The molecule has 0 amide bonds. The van der Waals surface area contributed by atoms with Crippen LogP contribution in [0.25, 0.3) is 0 Å². The van der Waals surface area contributed by atoms with Crippen molar-refractivity contribution in [3.63, 3.8) is 0 Å². The van der Waals surface area contributed by atoms with Crippen LogP contribution in [0.15, 0.2) is 54.6 Å². The van der Waals surface area contributed by atoms with Gasteiger partial charge in [-0.25, -0.2) is 4.39 Å². The van der Waals surface area contributed by atoms with Crippen LogP contribution in [0.2, 0.25) is 0 Å². The van der Waals surface area contributed by atoms with Gasteiger partial charge in [-0.3, -0.25) is 0 Å². The molecule has 0 spiro atoms. The lowest BCUT2D eigenvalue weighted by molar-refractivity contribution is 0.482. The quantitative estimate of drug-likeness (QED) is 0.860. The number of rotatable bonds is 5. The van der Waals surface area contributed by atoms with Crippen LogP contribution in [0.4, 0.5) is 4.39 Å². The Bertz CT molecular complexity index is 492. The first-order chi connectivity index (χ1) is 9.20. The minimum atomic E-state index is -0.180. The number of halogens is 1. The van der Waals surface area contributed by atoms with Gasteiger partial charge in [-0.2, -0.15) is 0 Å². The number of hydrogen-bond acceptors (Lipinski definition) is 1. The lowest BCUT2D eigenvalue weighted by Gasteiger charge is -2.24. The molecule has 0 aliphatic rings. The smallest absolute Gasteiger partial charge is 0.123 e. The first-order valence-electron chi connectivity index (χ1n) is 6.67. The maximum Gasteiger partial charge on any atom is 0.123 e. The van der Waals surface area contributed by atoms with Gasteiger partial charge < -0.3 is 5.32 Å². The van der Waals surface area contributed by atoms with Gasteiger partial charge in [0.1, 0.15) is 5.82 Å². The lowest BCUT2D eigenvalue weighted by Crippen LogP contribution is -2.32. The van der Waals surface area contributed by atoms with E-state index in [1.54, 1.807) is 0 Å². The summed E-state index contributed by atoms with van der Waals surface area (Å²) in [5.74, 6) is 0.233. The topological polar surface area (TPSA) is 12.0 Å². The predicted octanol–water partition coefficient (Wildman–Crippen LogP) is 3.76. The summed E-state index contributed by atoms with van der Waals surface area (Å²) in [6.07, 6.45) is 0.896. The maximum absolute atomic E-state index is 12.9. The van der Waals surface area contributed by atoms with Crippen LogP contribution < -0.4 is 5.32 Å². The van der Waals surface area contributed by atoms with E-state index in [2.05, 4.69) is 36.5 Å². The van der Waals surface area contributed by atoms with E-state index in [0.717, 1.165) is 12.0 Å². The molecule has 19 heavy (non-hydrogen) atoms. The Kier molecular flexibility index (Phi) is 4.69. The average molecular weight is 257 g/mol. The van der Waals surface area contributed by atoms with E-state index in [4.69, 9.17) is 0 Å². The summed E-state index contributed by atoms with van der Waals surface area (Å²) in [6.45, 7) is 2.22. The molecule has 1 nitrogen and oxygen atoms in total. The Labute approximate surface area is 114 Å². The van der Waals surface area contributed by atoms with Crippen molar-refractivity contribution in [2.75, 3.05) is 7.05 Å². The first-order valence-corrected chi connectivity index (χ1v) is 6.67. The van der Waals surface area contributed by atoms with Crippen LogP contribution in [0, 0.1) is 5.82 Å². The summed E-state index contributed by atoms with van der Waals surface area (Å²) in [5, 5.41) is 3.37. The predicted molar refractivity (Wildman–Crippen MR) is 77.8 cm³/mol. The van der Waals surface area contributed by atoms with Gasteiger partial charge in [0.05, 0.1) is 0 Å². The van der Waals surface area contributed by atoms with Gasteiger partial charge in [-0.05, 0) is 42.6 Å². The summed E-state index contributed by atoms with van der Waals surface area (Å²) in [7, 11) is 1.98. The summed E-state index contributed by atoms with van der Waals surface area (Å²) in [4.78, 5) is 0. The zero-order chi connectivity index (χ0) is 13.7. The van der Waals surface area contributed by atoms with E-state index in [9.17, 15) is 4.39 Å². The zero-order valence-electron chi connectivity index (χ0n) is 11.4. The van der Waals surface area contributed by atoms with Crippen molar-refractivity contribution in [2.45, 2.75) is 25.3 Å². The van der Waals surface area contributed by atoms with Crippen LogP contribution in [-0.4, -0.2) is 13.1 Å². The molecular formula is C17H20FN. The second kappa shape index (κ2) is 6.48. The number of nitrogens with one attached hydrogen (secondary N) is 1. The Morgan fingerprint density at radius 1 is 1.00 bits per heavy atom. The number of hydrogen-bond donors (Lipinski definition) is 1. The van der Waals surface area contributed by atoms with E-state index >= 15 is 0 Å². The highest BCUT2D eigenvalue weighted by Gasteiger charge is 2.17. The fraction of sp³-hybridized carbons (Fsp3) is 0.294. The first kappa shape index (κ1) is 13.8. The van der Waals surface area contributed by atoms with Crippen LogP contribution in [0.1, 0.15) is 24.0 Å². The van der Waals surface area contributed by atoms with E-state index in [0.29, 0.717) is 12.0 Å². The molecule has 1 N–H and O–H groups in total. The minimum absolute atomic E-state index is 0.180. The van der Waals surface area contributed by atoms with E-state index < -0.39 is 0 Å². The molecule has 0 aliphatic carbocycles. The molecule has 0 saturated carbocycles. The Morgan fingerprint density at radius 3 is 2.21 bits per heavy atom. The molecule has 2 heteroatoms. The van der Waals surface area contributed by atoms with Gasteiger partial charge in [0.15, 0.2) is 0 Å². The third kappa shape index (κ3) is 3.65. The molecule has 0 fully saturated rings. The number of likely N-dealkylation sites (N-methyl/N-ethyl adjacent to an activating group) is 1. The Balaban J connectivity index is 2.10. The fourth-order valence-corrected chi connectivity index (χ4v) is 2.39. The van der Waals surface area contributed by atoms with Crippen molar-refractivity contribution in [1.82, 2.24) is 5.32 Å². The molecule has 0 aliphatic heterocycles. The van der Waals surface area contributed by atoms with Gasteiger partial charge in [0.25, 0.3) is 0 Å². The van der Waals surface area contributed by atoms with Crippen molar-refractivity contribution in [2.24, 2.45) is 0 Å². The van der Waals surface area contributed by atoms with Crippen LogP contribution in [0.3, 0.4) is 0 Å². The van der Waals surface area contributed by atoms with Gasteiger partial charge in [0, 0.05) is 6.04 Å². The third-order valence-electron chi connectivity index (χ3n) is 3.67. The van der Waals surface area contributed by atoms with Crippen molar-refractivity contribution >= 4 is 0 Å². The zero-order valence-corrected chi connectivity index (χ0v) is 11.4. The second-order valence-electron chi connectivity index (χ2n) is 4.93. The summed E-state index contributed by atoms with van der Waals surface area (Å²) in [5.41, 5.74) is 2.48. The molecule has 0 saturated heterocycles. The molecule has 0 heterocycles. The van der Waals surface area contributed by atoms with Gasteiger partial charge in [-0.15, -0.1) is 0 Å². The van der Waals surface area contributed by atoms with E-state index in [-0.39, 0.29) is 5.82 Å². The SMILES string of the molecule is CNC(Cc1ccc(F)cc1)C(C)c1ccccc1. The van der Waals surface area contributed by atoms with E-state index in [1.165, 1.54) is 17.7 Å². The molecule has 0 radical (unpaired) electrons. The highest BCUT2D eigenvalue weighted by Crippen LogP contribution is 2.21. The van der Waals surface area contributed by atoms with Crippen LogP contribution >= 0.6 is 0 Å². The molecule has 2 rings (SSSR count). The number of benzene rings is 2. The van der Waals surface area contributed by atoms with Crippen molar-refractivity contribution in [1.29, 1.82) is 0 Å². The Hall–Kier alpha value is -1.67.